The van der Waals surface area contributed by atoms with E-state index in [1.54, 1.807) is 0 Å². The van der Waals surface area contributed by atoms with Crippen LogP contribution in [-0.4, -0.2) is 18.1 Å². The number of rotatable bonds is 2. The fraction of sp³-hybridized carbons (Fsp3) is 0.667. The van der Waals surface area contributed by atoms with E-state index in [2.05, 4.69) is 31.9 Å². The van der Waals surface area contributed by atoms with Gasteiger partial charge in [-0.2, -0.15) is 0 Å². The zero-order valence-electron chi connectivity index (χ0n) is 11.3. The van der Waals surface area contributed by atoms with E-state index in [-0.39, 0.29) is 0 Å². The molecule has 1 aliphatic heterocycles. The molecular weight excluding hydrogens is 302 g/mol. The monoisotopic (exact) mass is 323 g/mol. The second-order valence-electron chi connectivity index (χ2n) is 5.88. The van der Waals surface area contributed by atoms with E-state index < -0.39 is 0 Å². The van der Waals surface area contributed by atoms with Crippen molar-refractivity contribution in [1.82, 2.24) is 4.98 Å². The molecule has 3 nitrogen and oxygen atoms in total. The van der Waals surface area contributed by atoms with Crippen molar-refractivity contribution in [2.75, 3.05) is 18.0 Å². The number of hydrogen-bond acceptors (Lipinski definition) is 3. The number of nitrogens with two attached hydrogens (primary N) is 1. The third kappa shape index (κ3) is 2.79. The van der Waals surface area contributed by atoms with Gasteiger partial charge in [-0.1, -0.05) is 19.3 Å². The molecule has 1 aromatic rings. The van der Waals surface area contributed by atoms with Gasteiger partial charge in [0.2, 0.25) is 0 Å². The van der Waals surface area contributed by atoms with Crippen LogP contribution in [-0.2, 0) is 6.54 Å². The maximum absolute atomic E-state index is 5.87. The molecule has 19 heavy (non-hydrogen) atoms. The first-order valence-electron chi connectivity index (χ1n) is 7.37. The number of hydrogen-bond donors (Lipinski definition) is 1. The van der Waals surface area contributed by atoms with Crippen molar-refractivity contribution >= 4 is 21.7 Å². The summed E-state index contributed by atoms with van der Waals surface area (Å²) < 4.78 is 1.02. The topological polar surface area (TPSA) is 42.1 Å². The highest BCUT2D eigenvalue weighted by Gasteiger charge is 2.32. The van der Waals surface area contributed by atoms with Crippen LogP contribution in [0.4, 0.5) is 5.82 Å². The van der Waals surface area contributed by atoms with Crippen LogP contribution in [0, 0.1) is 11.8 Å². The molecule has 1 aromatic heterocycles. The molecule has 2 unspecified atom stereocenters. The zero-order valence-corrected chi connectivity index (χ0v) is 12.9. The Kier molecular flexibility index (Phi) is 4.08. The molecule has 2 fully saturated rings. The molecule has 0 amide bonds. The second-order valence-corrected chi connectivity index (χ2v) is 6.80. The number of anilines is 1. The number of nitrogens with zero attached hydrogens (tertiary/aromatic N) is 2. The van der Waals surface area contributed by atoms with Gasteiger partial charge in [-0.3, -0.25) is 0 Å². The van der Waals surface area contributed by atoms with Crippen LogP contribution in [0.1, 0.15) is 37.7 Å². The Morgan fingerprint density at radius 3 is 2.84 bits per heavy atom. The van der Waals surface area contributed by atoms with E-state index in [4.69, 9.17) is 5.73 Å². The average Bonchev–Trinajstić information content (AvgIpc) is 2.46. The van der Waals surface area contributed by atoms with E-state index in [0.29, 0.717) is 6.54 Å². The highest BCUT2D eigenvalue weighted by molar-refractivity contribution is 9.10. The lowest BCUT2D eigenvalue weighted by molar-refractivity contribution is 0.202. The van der Waals surface area contributed by atoms with E-state index in [1.165, 1.54) is 38.6 Å². The average molecular weight is 324 g/mol. The first-order chi connectivity index (χ1) is 9.28. The van der Waals surface area contributed by atoms with Crippen molar-refractivity contribution in [2.45, 2.75) is 38.6 Å². The maximum atomic E-state index is 5.87. The van der Waals surface area contributed by atoms with E-state index >= 15 is 0 Å². The summed E-state index contributed by atoms with van der Waals surface area (Å²) in [5.74, 6) is 2.94. The lowest BCUT2D eigenvalue weighted by atomic mass is 9.75. The molecule has 1 saturated carbocycles. The molecular formula is C15H22BrN3. The van der Waals surface area contributed by atoms with Gasteiger partial charge in [0.25, 0.3) is 0 Å². The number of fused-ring (bicyclic) bond motifs is 1. The minimum atomic E-state index is 0.562. The Morgan fingerprint density at radius 2 is 2.05 bits per heavy atom. The molecule has 4 heteroatoms. The lowest BCUT2D eigenvalue weighted by Gasteiger charge is -2.42. The summed E-state index contributed by atoms with van der Waals surface area (Å²) in [6.07, 6.45) is 8.90. The summed E-state index contributed by atoms with van der Waals surface area (Å²) in [6.45, 7) is 2.88. The largest absolute Gasteiger partial charge is 0.356 e. The van der Waals surface area contributed by atoms with Gasteiger partial charge in [0.15, 0.2) is 0 Å². The number of piperidine rings is 1. The summed E-state index contributed by atoms with van der Waals surface area (Å²) in [5, 5.41) is 0. The first-order valence-corrected chi connectivity index (χ1v) is 8.16. The van der Waals surface area contributed by atoms with Gasteiger partial charge in [-0.15, -0.1) is 0 Å². The fourth-order valence-corrected chi connectivity index (χ4v) is 4.08. The maximum Gasteiger partial charge on any atom is 0.133 e. The molecule has 0 radical (unpaired) electrons. The minimum absolute atomic E-state index is 0.562. The highest BCUT2D eigenvalue weighted by atomic mass is 79.9. The molecule has 0 bridgehead atoms. The van der Waals surface area contributed by atoms with Crippen LogP contribution >= 0.6 is 15.9 Å². The molecule has 104 valence electrons. The first kappa shape index (κ1) is 13.4. The molecule has 2 heterocycles. The van der Waals surface area contributed by atoms with E-state index in [9.17, 15) is 0 Å². The SMILES string of the molecule is NCc1cc(Br)cnc1N1CCC2CCCCC2C1. The van der Waals surface area contributed by atoms with Gasteiger partial charge in [0, 0.05) is 35.9 Å². The van der Waals surface area contributed by atoms with Gasteiger partial charge < -0.3 is 10.6 Å². The van der Waals surface area contributed by atoms with Crippen molar-refractivity contribution in [3.05, 3.63) is 22.3 Å². The quantitative estimate of drug-likeness (QED) is 0.907. The van der Waals surface area contributed by atoms with Crippen molar-refractivity contribution < 1.29 is 0 Å². The minimum Gasteiger partial charge on any atom is -0.356 e. The zero-order chi connectivity index (χ0) is 13.2. The summed E-state index contributed by atoms with van der Waals surface area (Å²) in [7, 11) is 0. The highest BCUT2D eigenvalue weighted by Crippen LogP contribution is 2.37. The fourth-order valence-electron chi connectivity index (χ4n) is 3.70. The standard InChI is InChI=1S/C15H22BrN3/c16-14-7-13(8-17)15(18-9-14)19-6-5-11-3-1-2-4-12(11)10-19/h7,9,11-12H,1-6,8,10,17H2. The summed E-state index contributed by atoms with van der Waals surface area (Å²) >= 11 is 3.48. The van der Waals surface area contributed by atoms with Gasteiger partial charge in [0.05, 0.1) is 0 Å². The summed E-state index contributed by atoms with van der Waals surface area (Å²) in [5.41, 5.74) is 7.03. The smallest absolute Gasteiger partial charge is 0.133 e. The second kappa shape index (κ2) is 5.80. The summed E-state index contributed by atoms with van der Waals surface area (Å²) in [4.78, 5) is 7.07. The number of aromatic nitrogens is 1. The number of halogens is 1. The van der Waals surface area contributed by atoms with Crippen LogP contribution in [0.25, 0.3) is 0 Å². The Balaban J connectivity index is 1.79. The third-order valence-electron chi connectivity index (χ3n) is 4.72. The van der Waals surface area contributed by atoms with Gasteiger partial charge in [-0.25, -0.2) is 4.98 Å². The molecule has 1 aliphatic carbocycles. The number of pyridine rings is 1. The molecule has 2 N–H and O–H groups in total. The van der Waals surface area contributed by atoms with Crippen LogP contribution < -0.4 is 10.6 Å². The van der Waals surface area contributed by atoms with Crippen molar-refractivity contribution in [2.24, 2.45) is 17.6 Å². The van der Waals surface area contributed by atoms with Crippen molar-refractivity contribution in [3.8, 4) is 0 Å². The molecule has 2 aliphatic rings. The Bertz CT molecular complexity index is 449. The third-order valence-corrected chi connectivity index (χ3v) is 5.15. The van der Waals surface area contributed by atoms with Gasteiger partial charge >= 0.3 is 0 Å². The van der Waals surface area contributed by atoms with E-state index in [1.807, 2.05) is 6.20 Å². The van der Waals surface area contributed by atoms with E-state index in [0.717, 1.165) is 34.2 Å². The molecule has 1 saturated heterocycles. The van der Waals surface area contributed by atoms with Crippen LogP contribution in [0.15, 0.2) is 16.7 Å². The van der Waals surface area contributed by atoms with Crippen LogP contribution in [0.2, 0.25) is 0 Å². The molecule has 3 rings (SSSR count). The molecule has 0 spiro atoms. The van der Waals surface area contributed by atoms with Crippen molar-refractivity contribution in [3.63, 3.8) is 0 Å². The predicted octanol–water partition coefficient (Wildman–Crippen LogP) is 3.32. The Labute approximate surface area is 123 Å². The van der Waals surface area contributed by atoms with Crippen LogP contribution in [0.3, 0.4) is 0 Å². The molecule has 0 aromatic carbocycles. The Morgan fingerprint density at radius 1 is 1.26 bits per heavy atom. The van der Waals surface area contributed by atoms with Gasteiger partial charge in [-0.05, 0) is 46.7 Å². The van der Waals surface area contributed by atoms with Crippen molar-refractivity contribution in [1.29, 1.82) is 0 Å². The van der Waals surface area contributed by atoms with Gasteiger partial charge in [0.1, 0.15) is 5.82 Å². The predicted molar refractivity (Wildman–Crippen MR) is 82.1 cm³/mol. The van der Waals surface area contributed by atoms with Crippen LogP contribution in [0.5, 0.6) is 0 Å². The lowest BCUT2D eigenvalue weighted by Crippen LogP contribution is -2.42. The summed E-state index contributed by atoms with van der Waals surface area (Å²) in [6, 6.07) is 2.11. The normalized spacial score (nSPS) is 27.2. The Hall–Kier alpha value is -0.610. The molecule has 2 atom stereocenters.